The van der Waals surface area contributed by atoms with Gasteiger partial charge in [0.1, 0.15) is 18.8 Å². The molecule has 0 radical (unpaired) electrons. The Morgan fingerprint density at radius 1 is 1.07 bits per heavy atom. The minimum Gasteiger partial charge on any atom is -0.446 e. The molecule has 15 heteroatoms. The minimum atomic E-state index is -4.97. The van der Waals surface area contributed by atoms with Crippen LogP contribution in [0.15, 0.2) is 30.3 Å². The fraction of sp³-hybridized carbons (Fsp3) is 0.655. The number of aliphatic hydroxyl groups excluding tert-OH is 1. The third kappa shape index (κ3) is 8.82. The highest BCUT2D eigenvalue weighted by molar-refractivity contribution is 7.86. The molecule has 6 atom stereocenters. The molecule has 2 bridgehead atoms. The fourth-order valence-corrected chi connectivity index (χ4v) is 6.85. The third-order valence-corrected chi connectivity index (χ3v) is 9.31. The number of fused-ring (bicyclic) bond motifs is 2. The first kappa shape index (κ1) is 33.5. The van der Waals surface area contributed by atoms with Gasteiger partial charge in [-0.05, 0) is 43.6 Å². The van der Waals surface area contributed by atoms with Gasteiger partial charge in [0.25, 0.3) is 10.1 Å². The molecule has 3 fully saturated rings. The lowest BCUT2D eigenvalue weighted by molar-refractivity contribution is -0.126. The van der Waals surface area contributed by atoms with Crippen LogP contribution in [0.2, 0.25) is 0 Å². The number of carbonyl (C=O) groups excluding carboxylic acids is 4. The lowest BCUT2D eigenvalue weighted by atomic mass is 9.97. The highest BCUT2D eigenvalue weighted by Crippen LogP contribution is 2.37. The van der Waals surface area contributed by atoms with Crippen LogP contribution in [-0.2, 0) is 35.8 Å². The van der Waals surface area contributed by atoms with Crippen LogP contribution in [0, 0.1) is 11.8 Å². The first-order valence-corrected chi connectivity index (χ1v) is 16.5. The van der Waals surface area contributed by atoms with Crippen LogP contribution in [0.5, 0.6) is 0 Å². The molecule has 1 aromatic carbocycles. The second-order valence-electron chi connectivity index (χ2n) is 12.2. The van der Waals surface area contributed by atoms with Crippen molar-refractivity contribution in [2.24, 2.45) is 11.8 Å². The lowest BCUT2D eigenvalue weighted by Crippen LogP contribution is -2.55. The maximum absolute atomic E-state index is 13.3. The average Bonchev–Trinajstić information content (AvgIpc) is 3.49. The minimum absolute atomic E-state index is 0.0717. The van der Waals surface area contributed by atoms with E-state index >= 15 is 0 Å². The van der Waals surface area contributed by atoms with E-state index < -0.39 is 57.8 Å². The van der Waals surface area contributed by atoms with Gasteiger partial charge in [0.05, 0.1) is 6.04 Å². The number of carbonyl (C=O) groups is 4. The number of aliphatic hydroxyl groups is 1. The van der Waals surface area contributed by atoms with E-state index in [0.717, 1.165) is 18.4 Å². The van der Waals surface area contributed by atoms with Crippen molar-refractivity contribution in [3.63, 3.8) is 0 Å². The van der Waals surface area contributed by atoms with Gasteiger partial charge >= 0.3 is 12.2 Å². The highest BCUT2D eigenvalue weighted by Gasteiger charge is 2.45. The number of alkyl carbamates (subject to hydrolysis) is 1. The number of nitrogens with one attached hydrogen (secondary N) is 3. The van der Waals surface area contributed by atoms with Crippen molar-refractivity contribution >= 4 is 34.1 Å². The summed E-state index contributed by atoms with van der Waals surface area (Å²) in [7, 11) is -4.97. The average molecular weight is 639 g/mol. The summed E-state index contributed by atoms with van der Waals surface area (Å²) in [6, 6.07) is 6.41. The number of rotatable bonds is 12. The van der Waals surface area contributed by atoms with E-state index in [1.165, 1.54) is 0 Å². The number of ether oxygens (including phenoxy) is 2. The maximum Gasteiger partial charge on any atom is 0.410 e. The number of nitrogens with zero attached hydrogens (tertiary/aromatic N) is 1. The van der Waals surface area contributed by atoms with Gasteiger partial charge in [0.15, 0.2) is 0 Å². The van der Waals surface area contributed by atoms with Gasteiger partial charge in [-0.15, -0.1) is 0 Å². The van der Waals surface area contributed by atoms with Crippen molar-refractivity contribution in [2.75, 3.05) is 6.54 Å². The molecule has 3 saturated heterocycles. The monoisotopic (exact) mass is 638 g/mol. The summed E-state index contributed by atoms with van der Waals surface area (Å²) in [5, 5.41) is 17.8. The smallest absolute Gasteiger partial charge is 0.410 e. The van der Waals surface area contributed by atoms with Crippen LogP contribution in [0.3, 0.4) is 0 Å². The predicted octanol–water partition coefficient (Wildman–Crippen LogP) is 1.68. The number of benzene rings is 1. The van der Waals surface area contributed by atoms with Crippen molar-refractivity contribution in [3.8, 4) is 0 Å². The first-order valence-electron chi connectivity index (χ1n) is 15.0. The molecular formula is C29H42N4O10S. The zero-order valence-electron chi connectivity index (χ0n) is 24.9. The van der Waals surface area contributed by atoms with Gasteiger partial charge in [0.2, 0.25) is 17.3 Å². The first-order chi connectivity index (χ1) is 20.8. The van der Waals surface area contributed by atoms with E-state index in [-0.39, 0.29) is 43.4 Å². The molecule has 5 N–H and O–H groups in total. The second kappa shape index (κ2) is 14.6. The third-order valence-electron chi connectivity index (χ3n) is 8.37. The van der Waals surface area contributed by atoms with Crippen molar-refractivity contribution in [3.05, 3.63) is 35.9 Å². The number of amides is 4. The normalized spacial score (nSPS) is 25.1. The van der Waals surface area contributed by atoms with Gasteiger partial charge in [-0.25, -0.2) is 9.59 Å². The van der Waals surface area contributed by atoms with Crippen molar-refractivity contribution in [1.82, 2.24) is 20.9 Å². The van der Waals surface area contributed by atoms with Gasteiger partial charge in [-0.1, -0.05) is 44.2 Å². The molecule has 3 aliphatic rings. The molecule has 0 aliphatic carbocycles. The van der Waals surface area contributed by atoms with E-state index in [4.69, 9.17) is 9.47 Å². The van der Waals surface area contributed by atoms with Gasteiger partial charge in [-0.2, -0.15) is 8.42 Å². The SMILES string of the molecule is CC(C)C[C@H](NC(=O)OC1CC2CCC(C1)N2C(=O)OCc1ccccc1)C(=O)N[C@@H](C[C@@H]1CCNC1=O)C(O)S(=O)(=O)O. The number of hydrogen-bond acceptors (Lipinski definition) is 9. The van der Waals surface area contributed by atoms with Crippen LogP contribution >= 0.6 is 0 Å². The Kier molecular flexibility index (Phi) is 11.1. The second-order valence-corrected chi connectivity index (χ2v) is 13.7. The maximum atomic E-state index is 13.3. The van der Waals surface area contributed by atoms with E-state index in [9.17, 15) is 37.3 Å². The highest BCUT2D eigenvalue weighted by atomic mass is 32.2. The Hall–Kier alpha value is -3.43. The lowest BCUT2D eigenvalue weighted by Gasteiger charge is -2.37. The van der Waals surface area contributed by atoms with Crippen LogP contribution in [-0.4, -0.2) is 89.2 Å². The molecule has 3 unspecified atom stereocenters. The molecule has 0 aromatic heterocycles. The van der Waals surface area contributed by atoms with Gasteiger partial charge < -0.3 is 35.4 Å². The topological polar surface area (TPSA) is 201 Å². The van der Waals surface area contributed by atoms with E-state index in [1.807, 2.05) is 44.2 Å². The summed E-state index contributed by atoms with van der Waals surface area (Å²) < 4.78 is 44.1. The zero-order valence-corrected chi connectivity index (χ0v) is 25.7. The van der Waals surface area contributed by atoms with E-state index in [2.05, 4.69) is 16.0 Å². The standard InChI is InChI=1S/C29H42N4O10S/c1-17(2)12-23(26(35)31-24(27(36)44(39,40)41)13-19-10-11-30-25(19)34)32-28(37)43-22-14-20-8-9-21(15-22)33(20)29(38)42-16-18-6-4-3-5-7-18/h3-7,17,19-24,27,36H,8-16H2,1-2H3,(H,30,34)(H,31,35)(H,32,37)(H,39,40,41)/t19-,20?,21?,22?,23-,24-,27?/m0/s1. The summed E-state index contributed by atoms with van der Waals surface area (Å²) >= 11 is 0. The number of hydrogen-bond donors (Lipinski definition) is 5. The van der Waals surface area contributed by atoms with Crippen molar-refractivity contribution < 1.29 is 46.7 Å². The van der Waals surface area contributed by atoms with Gasteiger partial charge in [-0.3, -0.25) is 14.1 Å². The summed E-state index contributed by atoms with van der Waals surface area (Å²) in [5.74, 6) is -1.89. The molecule has 3 aliphatic heterocycles. The Balaban J connectivity index is 1.34. The molecule has 4 rings (SSSR count). The van der Waals surface area contributed by atoms with Crippen molar-refractivity contribution in [1.29, 1.82) is 0 Å². The molecule has 1 aromatic rings. The molecule has 0 saturated carbocycles. The largest absolute Gasteiger partial charge is 0.446 e. The Morgan fingerprint density at radius 2 is 1.73 bits per heavy atom. The Morgan fingerprint density at radius 3 is 2.30 bits per heavy atom. The molecule has 3 heterocycles. The summed E-state index contributed by atoms with van der Waals surface area (Å²) in [5.41, 5.74) is -1.49. The van der Waals surface area contributed by atoms with E-state index in [1.54, 1.807) is 4.90 Å². The quantitative estimate of drug-likeness (QED) is 0.210. The van der Waals surface area contributed by atoms with Crippen LogP contribution in [0.25, 0.3) is 0 Å². The fourth-order valence-electron chi connectivity index (χ4n) is 6.26. The summed E-state index contributed by atoms with van der Waals surface area (Å²) in [4.78, 5) is 52.9. The van der Waals surface area contributed by atoms with Crippen LogP contribution in [0.4, 0.5) is 9.59 Å². The van der Waals surface area contributed by atoms with Crippen LogP contribution in [0.1, 0.15) is 64.4 Å². The predicted molar refractivity (Wildman–Crippen MR) is 156 cm³/mol. The van der Waals surface area contributed by atoms with Crippen molar-refractivity contribution in [2.45, 2.75) is 101 Å². The Labute approximate surface area is 257 Å². The van der Waals surface area contributed by atoms with Gasteiger partial charge in [0, 0.05) is 37.4 Å². The molecule has 14 nitrogen and oxygen atoms in total. The molecular weight excluding hydrogens is 596 g/mol. The van der Waals surface area contributed by atoms with E-state index in [0.29, 0.717) is 25.8 Å². The zero-order chi connectivity index (χ0) is 32.0. The molecule has 4 amide bonds. The molecule has 0 spiro atoms. The number of piperidine rings is 1. The molecule has 44 heavy (non-hydrogen) atoms. The Bertz CT molecular complexity index is 1280. The van der Waals surface area contributed by atoms with Crippen LogP contribution < -0.4 is 16.0 Å². The summed E-state index contributed by atoms with van der Waals surface area (Å²) in [6.07, 6.45) is 0.881. The summed E-state index contributed by atoms with van der Waals surface area (Å²) in [6.45, 7) is 4.17. The molecule has 244 valence electrons.